The molecule has 78 valence electrons. The lowest BCUT2D eigenvalue weighted by Crippen LogP contribution is -2.20. The number of hydrogen-bond acceptors (Lipinski definition) is 3. The van der Waals surface area contributed by atoms with Crippen molar-refractivity contribution in [2.75, 3.05) is 18.8 Å². The smallest absolute Gasteiger partial charge is 0.200 e. The highest BCUT2D eigenvalue weighted by Crippen LogP contribution is 2.14. The van der Waals surface area contributed by atoms with Gasteiger partial charge in [-0.3, -0.25) is 4.90 Å². The molecule has 0 aromatic carbocycles. The Bertz CT molecular complexity index is 299. The van der Waals surface area contributed by atoms with Gasteiger partial charge in [-0.1, -0.05) is 0 Å². The largest absolute Gasteiger partial charge is 0.369 e. The molecule has 0 bridgehead atoms. The molecular weight excluding hydrogens is 176 g/mol. The Morgan fingerprint density at radius 2 is 2.14 bits per heavy atom. The number of rotatable bonds is 3. The SMILES string of the molecule is CCn1c(CN2CCCC2)cnc1N. The van der Waals surface area contributed by atoms with Crippen LogP contribution in [0.1, 0.15) is 25.5 Å². The van der Waals surface area contributed by atoms with Gasteiger partial charge in [0.25, 0.3) is 0 Å². The Morgan fingerprint density at radius 1 is 1.43 bits per heavy atom. The van der Waals surface area contributed by atoms with E-state index >= 15 is 0 Å². The molecule has 2 N–H and O–H groups in total. The zero-order valence-electron chi connectivity index (χ0n) is 8.74. The average molecular weight is 194 g/mol. The number of nitrogen functional groups attached to an aromatic ring is 1. The fraction of sp³-hybridized carbons (Fsp3) is 0.700. The first-order chi connectivity index (χ1) is 6.81. The topological polar surface area (TPSA) is 47.1 Å². The second kappa shape index (κ2) is 4.00. The maximum Gasteiger partial charge on any atom is 0.200 e. The molecule has 2 rings (SSSR count). The number of anilines is 1. The van der Waals surface area contributed by atoms with Gasteiger partial charge in [0.15, 0.2) is 5.95 Å². The molecule has 1 aliphatic rings. The van der Waals surface area contributed by atoms with E-state index in [0.29, 0.717) is 5.95 Å². The predicted octanol–water partition coefficient (Wildman–Crippen LogP) is 1.08. The van der Waals surface area contributed by atoms with Gasteiger partial charge in [0, 0.05) is 13.1 Å². The third-order valence-corrected chi connectivity index (χ3v) is 2.87. The third-order valence-electron chi connectivity index (χ3n) is 2.87. The Balaban J connectivity index is 2.07. The van der Waals surface area contributed by atoms with E-state index in [1.54, 1.807) is 0 Å². The minimum Gasteiger partial charge on any atom is -0.369 e. The Hall–Kier alpha value is -1.03. The van der Waals surface area contributed by atoms with Gasteiger partial charge in [-0.15, -0.1) is 0 Å². The molecule has 4 nitrogen and oxygen atoms in total. The van der Waals surface area contributed by atoms with Gasteiger partial charge >= 0.3 is 0 Å². The highest BCUT2D eigenvalue weighted by atomic mass is 15.2. The van der Waals surface area contributed by atoms with Gasteiger partial charge in [0.1, 0.15) is 0 Å². The standard InChI is InChI=1S/C10H18N4/c1-2-14-9(7-12-10(14)11)8-13-5-3-4-6-13/h7H,2-6,8H2,1H3,(H2,11,12). The highest BCUT2D eigenvalue weighted by molar-refractivity contribution is 5.22. The molecule has 4 heteroatoms. The third kappa shape index (κ3) is 1.75. The molecule has 0 atom stereocenters. The first-order valence-electron chi connectivity index (χ1n) is 5.33. The van der Waals surface area contributed by atoms with Crippen molar-refractivity contribution in [2.24, 2.45) is 0 Å². The van der Waals surface area contributed by atoms with Crippen molar-refractivity contribution in [3.05, 3.63) is 11.9 Å². The van der Waals surface area contributed by atoms with Gasteiger partial charge in [-0.2, -0.15) is 0 Å². The summed E-state index contributed by atoms with van der Waals surface area (Å²) in [7, 11) is 0. The van der Waals surface area contributed by atoms with Crippen molar-refractivity contribution in [1.82, 2.24) is 14.5 Å². The summed E-state index contributed by atoms with van der Waals surface area (Å²) in [5.74, 6) is 0.640. The first-order valence-corrected chi connectivity index (χ1v) is 5.33. The number of likely N-dealkylation sites (tertiary alicyclic amines) is 1. The summed E-state index contributed by atoms with van der Waals surface area (Å²) in [5.41, 5.74) is 7.00. The van der Waals surface area contributed by atoms with E-state index in [1.807, 2.05) is 6.20 Å². The minimum absolute atomic E-state index is 0.640. The number of imidazole rings is 1. The van der Waals surface area contributed by atoms with Crippen LogP contribution in [0.5, 0.6) is 0 Å². The van der Waals surface area contributed by atoms with Crippen molar-refractivity contribution in [2.45, 2.75) is 32.9 Å². The van der Waals surface area contributed by atoms with Crippen molar-refractivity contribution in [3.63, 3.8) is 0 Å². The molecule has 1 aromatic heterocycles. The van der Waals surface area contributed by atoms with Crippen LogP contribution in [0, 0.1) is 0 Å². The summed E-state index contributed by atoms with van der Waals surface area (Å²) in [6, 6.07) is 0. The van der Waals surface area contributed by atoms with E-state index in [2.05, 4.69) is 21.4 Å². The van der Waals surface area contributed by atoms with Crippen LogP contribution in [0.15, 0.2) is 6.20 Å². The number of hydrogen-bond donors (Lipinski definition) is 1. The fourth-order valence-electron chi connectivity index (χ4n) is 2.09. The Kier molecular flexibility index (Phi) is 2.72. The second-order valence-corrected chi connectivity index (χ2v) is 3.84. The van der Waals surface area contributed by atoms with Gasteiger partial charge < -0.3 is 10.3 Å². The van der Waals surface area contributed by atoms with Crippen LogP contribution in [0.3, 0.4) is 0 Å². The van der Waals surface area contributed by atoms with E-state index in [1.165, 1.54) is 31.6 Å². The molecule has 2 heterocycles. The van der Waals surface area contributed by atoms with Crippen LogP contribution >= 0.6 is 0 Å². The van der Waals surface area contributed by atoms with Crippen LogP contribution in [0.2, 0.25) is 0 Å². The molecule has 0 amide bonds. The summed E-state index contributed by atoms with van der Waals surface area (Å²) in [6.45, 7) is 6.45. The molecule has 0 radical (unpaired) electrons. The van der Waals surface area contributed by atoms with Crippen LogP contribution in [0.25, 0.3) is 0 Å². The zero-order valence-corrected chi connectivity index (χ0v) is 8.74. The van der Waals surface area contributed by atoms with Crippen LogP contribution in [0.4, 0.5) is 5.95 Å². The van der Waals surface area contributed by atoms with E-state index in [-0.39, 0.29) is 0 Å². The molecule has 0 aliphatic carbocycles. The van der Waals surface area contributed by atoms with E-state index < -0.39 is 0 Å². The van der Waals surface area contributed by atoms with Gasteiger partial charge in [-0.05, 0) is 32.9 Å². The van der Waals surface area contributed by atoms with E-state index in [9.17, 15) is 0 Å². The van der Waals surface area contributed by atoms with Gasteiger partial charge in [0.2, 0.25) is 0 Å². The molecule has 0 saturated carbocycles. The monoisotopic (exact) mass is 194 g/mol. The zero-order chi connectivity index (χ0) is 9.97. The molecular formula is C10H18N4. The molecule has 14 heavy (non-hydrogen) atoms. The van der Waals surface area contributed by atoms with Gasteiger partial charge in [0.05, 0.1) is 11.9 Å². The lowest BCUT2D eigenvalue weighted by Gasteiger charge is -2.15. The van der Waals surface area contributed by atoms with Crippen molar-refractivity contribution in [3.8, 4) is 0 Å². The maximum absolute atomic E-state index is 5.76. The Morgan fingerprint density at radius 3 is 2.79 bits per heavy atom. The van der Waals surface area contributed by atoms with Crippen molar-refractivity contribution >= 4 is 5.95 Å². The first kappa shape index (κ1) is 9.52. The summed E-state index contributed by atoms with van der Waals surface area (Å²) in [4.78, 5) is 6.60. The quantitative estimate of drug-likeness (QED) is 0.783. The molecule has 0 unspecified atom stereocenters. The molecule has 1 aromatic rings. The van der Waals surface area contributed by atoms with Crippen LogP contribution in [-0.2, 0) is 13.1 Å². The minimum atomic E-state index is 0.640. The number of aromatic nitrogens is 2. The maximum atomic E-state index is 5.76. The van der Waals surface area contributed by atoms with E-state index in [0.717, 1.165) is 13.1 Å². The van der Waals surface area contributed by atoms with Crippen molar-refractivity contribution in [1.29, 1.82) is 0 Å². The fourth-order valence-corrected chi connectivity index (χ4v) is 2.09. The number of nitrogens with two attached hydrogens (primary N) is 1. The average Bonchev–Trinajstić information content (AvgIpc) is 2.77. The molecule has 1 fully saturated rings. The summed E-state index contributed by atoms with van der Waals surface area (Å²) in [5, 5.41) is 0. The summed E-state index contributed by atoms with van der Waals surface area (Å²) < 4.78 is 2.08. The lowest BCUT2D eigenvalue weighted by atomic mass is 10.4. The van der Waals surface area contributed by atoms with E-state index in [4.69, 9.17) is 5.73 Å². The summed E-state index contributed by atoms with van der Waals surface area (Å²) >= 11 is 0. The summed E-state index contributed by atoms with van der Waals surface area (Å²) in [6.07, 6.45) is 4.56. The second-order valence-electron chi connectivity index (χ2n) is 3.84. The molecule has 1 saturated heterocycles. The molecule has 0 spiro atoms. The van der Waals surface area contributed by atoms with Gasteiger partial charge in [-0.25, -0.2) is 4.98 Å². The van der Waals surface area contributed by atoms with Crippen LogP contribution in [-0.4, -0.2) is 27.5 Å². The van der Waals surface area contributed by atoms with Crippen molar-refractivity contribution < 1.29 is 0 Å². The highest BCUT2D eigenvalue weighted by Gasteiger charge is 2.14. The number of nitrogens with zero attached hydrogens (tertiary/aromatic N) is 3. The normalized spacial score (nSPS) is 17.8. The molecule has 1 aliphatic heterocycles. The predicted molar refractivity (Wildman–Crippen MR) is 56.8 cm³/mol. The lowest BCUT2D eigenvalue weighted by molar-refractivity contribution is 0.322. The Labute approximate surface area is 84.7 Å². The van der Waals surface area contributed by atoms with Crippen LogP contribution < -0.4 is 5.73 Å².